The lowest BCUT2D eigenvalue weighted by Gasteiger charge is -2.25. The van der Waals surface area contributed by atoms with Crippen molar-refractivity contribution >= 4 is 5.91 Å². The summed E-state index contributed by atoms with van der Waals surface area (Å²) in [5, 5.41) is 7.93. The number of amides is 1. The molecule has 2 aliphatic heterocycles. The first-order valence-electron chi connectivity index (χ1n) is 6.78. The Balaban J connectivity index is 1.60. The van der Waals surface area contributed by atoms with E-state index in [4.69, 9.17) is 4.74 Å². The van der Waals surface area contributed by atoms with Gasteiger partial charge >= 0.3 is 0 Å². The smallest absolute Gasteiger partial charge is 0.256 e. The topological polar surface area (TPSA) is 60.3 Å². The van der Waals surface area contributed by atoms with Crippen molar-refractivity contribution in [1.82, 2.24) is 19.9 Å². The van der Waals surface area contributed by atoms with Crippen molar-refractivity contribution in [3.63, 3.8) is 0 Å². The predicted octanol–water partition coefficient (Wildman–Crippen LogP) is 1.01. The molecular formula is C14H13FN4O2. The largest absolute Gasteiger partial charge is 0.368 e. The molecule has 6 nitrogen and oxygen atoms in total. The zero-order valence-electron chi connectivity index (χ0n) is 11.1. The lowest BCUT2D eigenvalue weighted by atomic mass is 10.2. The Kier molecular flexibility index (Phi) is 2.75. The highest BCUT2D eigenvalue weighted by molar-refractivity contribution is 5.94. The van der Waals surface area contributed by atoms with Gasteiger partial charge in [-0.1, -0.05) is 17.3 Å². The molecule has 0 unspecified atom stereocenters. The van der Waals surface area contributed by atoms with E-state index < -0.39 is 5.82 Å². The fraction of sp³-hybridized carbons (Fsp3) is 0.357. The summed E-state index contributed by atoms with van der Waals surface area (Å²) in [6.07, 6.45) is 1.55. The van der Waals surface area contributed by atoms with Gasteiger partial charge in [0, 0.05) is 13.1 Å². The van der Waals surface area contributed by atoms with Crippen molar-refractivity contribution in [2.75, 3.05) is 13.1 Å². The van der Waals surface area contributed by atoms with Gasteiger partial charge in [-0.25, -0.2) is 9.07 Å². The fourth-order valence-corrected chi connectivity index (χ4v) is 2.97. The van der Waals surface area contributed by atoms with Crippen LogP contribution in [-0.2, 0) is 11.3 Å². The summed E-state index contributed by atoms with van der Waals surface area (Å²) in [7, 11) is 0. The van der Waals surface area contributed by atoms with E-state index in [0.29, 0.717) is 19.7 Å². The number of ether oxygens (including phenoxy) is 1. The number of hydrogen-bond donors (Lipinski definition) is 0. The fourth-order valence-electron chi connectivity index (χ4n) is 2.97. The molecule has 0 saturated carbocycles. The molecule has 1 aromatic heterocycles. The van der Waals surface area contributed by atoms with Crippen LogP contribution < -0.4 is 0 Å². The normalized spacial score (nSPS) is 23.8. The molecule has 1 amide bonds. The highest BCUT2D eigenvalue weighted by Gasteiger charge is 2.41. The Morgan fingerprint density at radius 1 is 1.33 bits per heavy atom. The minimum absolute atomic E-state index is 0.0491. The van der Waals surface area contributed by atoms with Gasteiger partial charge in [0.25, 0.3) is 5.91 Å². The van der Waals surface area contributed by atoms with Crippen molar-refractivity contribution in [1.29, 1.82) is 0 Å². The molecular weight excluding hydrogens is 275 g/mol. The predicted molar refractivity (Wildman–Crippen MR) is 69.9 cm³/mol. The van der Waals surface area contributed by atoms with Crippen LogP contribution in [0.2, 0.25) is 0 Å². The Morgan fingerprint density at radius 3 is 3.05 bits per heavy atom. The molecule has 1 fully saturated rings. The number of benzene rings is 1. The summed E-state index contributed by atoms with van der Waals surface area (Å²) in [6.45, 7) is 1.33. The molecule has 1 saturated heterocycles. The third-order valence-corrected chi connectivity index (χ3v) is 4.04. The van der Waals surface area contributed by atoms with E-state index in [-0.39, 0.29) is 23.6 Å². The maximum Gasteiger partial charge on any atom is 0.256 e. The summed E-state index contributed by atoms with van der Waals surface area (Å²) >= 11 is 0. The third kappa shape index (κ3) is 1.92. The van der Waals surface area contributed by atoms with Gasteiger partial charge in [-0.2, -0.15) is 0 Å². The number of likely N-dealkylation sites (tertiary alicyclic amines) is 1. The number of rotatable bonds is 1. The zero-order valence-corrected chi connectivity index (χ0v) is 11.1. The molecule has 108 valence electrons. The molecule has 3 heterocycles. The van der Waals surface area contributed by atoms with Crippen LogP contribution >= 0.6 is 0 Å². The van der Waals surface area contributed by atoms with Crippen molar-refractivity contribution in [2.24, 2.45) is 0 Å². The molecule has 7 heteroatoms. The molecule has 0 bridgehead atoms. The molecule has 2 atom stereocenters. The third-order valence-electron chi connectivity index (χ3n) is 4.04. The first-order valence-corrected chi connectivity index (χ1v) is 6.78. The van der Waals surface area contributed by atoms with Gasteiger partial charge in [0.2, 0.25) is 0 Å². The SMILES string of the molecule is O=C(c1ccccc1F)N1C[C@@H]2OCc3cnnn3[C@H]2C1. The number of hydrogen-bond acceptors (Lipinski definition) is 4. The minimum Gasteiger partial charge on any atom is -0.368 e. The number of aromatic nitrogens is 3. The van der Waals surface area contributed by atoms with Crippen LogP contribution in [0.25, 0.3) is 0 Å². The van der Waals surface area contributed by atoms with E-state index in [9.17, 15) is 9.18 Å². The van der Waals surface area contributed by atoms with Crippen molar-refractivity contribution in [3.8, 4) is 0 Å². The van der Waals surface area contributed by atoms with Crippen LogP contribution in [0.3, 0.4) is 0 Å². The second kappa shape index (κ2) is 4.63. The quantitative estimate of drug-likeness (QED) is 0.786. The van der Waals surface area contributed by atoms with Gasteiger partial charge in [-0.15, -0.1) is 5.10 Å². The van der Waals surface area contributed by atoms with Crippen LogP contribution in [-0.4, -0.2) is 45.0 Å². The summed E-state index contributed by atoms with van der Waals surface area (Å²) in [6, 6.07) is 5.97. The summed E-state index contributed by atoms with van der Waals surface area (Å²) in [4.78, 5) is 14.1. The standard InChI is InChI=1S/C14H13FN4O2/c15-11-4-2-1-3-10(11)14(20)18-6-12-13(7-18)21-8-9-5-16-17-19(9)12/h1-5,12-13H,6-8H2/t12-,13-/m0/s1. The molecule has 21 heavy (non-hydrogen) atoms. The number of halogens is 1. The van der Waals surface area contributed by atoms with Gasteiger partial charge in [-0.3, -0.25) is 4.79 Å². The van der Waals surface area contributed by atoms with E-state index in [1.807, 2.05) is 4.68 Å². The zero-order chi connectivity index (χ0) is 14.4. The summed E-state index contributed by atoms with van der Waals surface area (Å²) in [5.74, 6) is -0.812. The average Bonchev–Trinajstić information content (AvgIpc) is 3.12. The van der Waals surface area contributed by atoms with E-state index in [1.165, 1.54) is 12.1 Å². The number of nitrogens with zero attached hydrogens (tertiary/aromatic N) is 4. The number of carbonyl (C=O) groups excluding carboxylic acids is 1. The number of carbonyl (C=O) groups is 1. The summed E-state index contributed by atoms with van der Waals surface area (Å²) < 4.78 is 21.3. The molecule has 1 aromatic carbocycles. The molecule has 0 radical (unpaired) electrons. The van der Waals surface area contributed by atoms with Gasteiger partial charge in [0.05, 0.1) is 36.2 Å². The lowest BCUT2D eigenvalue weighted by molar-refractivity contribution is -0.00489. The molecule has 2 aromatic rings. The van der Waals surface area contributed by atoms with Crippen molar-refractivity contribution in [2.45, 2.75) is 18.8 Å². The van der Waals surface area contributed by atoms with Crippen LogP contribution in [0, 0.1) is 5.82 Å². The highest BCUT2D eigenvalue weighted by atomic mass is 19.1. The Hall–Kier alpha value is -2.28. The minimum atomic E-state index is -0.500. The van der Waals surface area contributed by atoms with Crippen LogP contribution in [0.5, 0.6) is 0 Å². The molecule has 0 aliphatic carbocycles. The molecule has 0 N–H and O–H groups in total. The average molecular weight is 288 g/mol. The van der Waals surface area contributed by atoms with Crippen LogP contribution in [0.1, 0.15) is 22.1 Å². The maximum atomic E-state index is 13.7. The van der Waals surface area contributed by atoms with Crippen LogP contribution in [0.15, 0.2) is 30.5 Å². The van der Waals surface area contributed by atoms with Crippen LogP contribution in [0.4, 0.5) is 4.39 Å². The molecule has 4 rings (SSSR count). The van der Waals surface area contributed by atoms with Gasteiger partial charge in [0.1, 0.15) is 5.82 Å². The molecule has 2 aliphatic rings. The second-order valence-corrected chi connectivity index (χ2v) is 5.28. The van der Waals surface area contributed by atoms with E-state index in [1.54, 1.807) is 23.2 Å². The van der Waals surface area contributed by atoms with Gasteiger partial charge < -0.3 is 9.64 Å². The Morgan fingerprint density at radius 2 is 2.19 bits per heavy atom. The first kappa shape index (κ1) is 12.5. The Bertz CT molecular complexity index is 702. The van der Waals surface area contributed by atoms with Gasteiger partial charge in [-0.05, 0) is 12.1 Å². The van der Waals surface area contributed by atoms with Gasteiger partial charge in [0.15, 0.2) is 0 Å². The van der Waals surface area contributed by atoms with E-state index >= 15 is 0 Å². The monoisotopic (exact) mass is 288 g/mol. The van der Waals surface area contributed by atoms with Crippen molar-refractivity contribution < 1.29 is 13.9 Å². The van der Waals surface area contributed by atoms with Crippen molar-refractivity contribution in [3.05, 3.63) is 47.5 Å². The second-order valence-electron chi connectivity index (χ2n) is 5.28. The Labute approximate surface area is 120 Å². The van der Waals surface area contributed by atoms with E-state index in [0.717, 1.165) is 5.69 Å². The summed E-state index contributed by atoms with van der Waals surface area (Å²) in [5.41, 5.74) is 0.992. The van der Waals surface area contributed by atoms with E-state index in [2.05, 4.69) is 10.3 Å². The first-order chi connectivity index (χ1) is 10.2. The maximum absolute atomic E-state index is 13.7. The molecule has 0 spiro atoms. The number of fused-ring (bicyclic) bond motifs is 3. The lowest BCUT2D eigenvalue weighted by Crippen LogP contribution is -2.32. The highest BCUT2D eigenvalue weighted by Crippen LogP contribution is 2.31.